The molecule has 1 aromatic carbocycles. The van der Waals surface area contributed by atoms with Gasteiger partial charge in [0.2, 0.25) is 0 Å². The third kappa shape index (κ3) is 5.56. The van der Waals surface area contributed by atoms with Crippen molar-refractivity contribution in [1.82, 2.24) is 15.5 Å². The highest BCUT2D eigenvalue weighted by atomic mass is 35.5. The first-order valence-electron chi connectivity index (χ1n) is 8.86. The number of guanidine groups is 1. The number of benzene rings is 1. The zero-order valence-electron chi connectivity index (χ0n) is 15.1. The minimum atomic E-state index is 0.406. The molecule has 0 aliphatic carbocycles. The topological polar surface area (TPSA) is 42.9 Å². The summed E-state index contributed by atoms with van der Waals surface area (Å²) in [5.74, 6) is 0.889. The van der Waals surface area contributed by atoms with Crippen molar-refractivity contribution in [2.45, 2.75) is 26.3 Å². The summed E-state index contributed by atoms with van der Waals surface area (Å²) in [5.41, 5.74) is 1.19. The fraction of sp³-hybridized carbons (Fsp3) is 0.611. The molecule has 1 saturated heterocycles. The van der Waals surface area contributed by atoms with Crippen LogP contribution in [0.3, 0.4) is 0 Å². The Morgan fingerprint density at radius 1 is 1.38 bits per heavy atom. The summed E-state index contributed by atoms with van der Waals surface area (Å²) < 4.78 is 0. The maximum atomic E-state index is 6.10. The van der Waals surface area contributed by atoms with Gasteiger partial charge in [0.1, 0.15) is 0 Å². The lowest BCUT2D eigenvalue weighted by Gasteiger charge is -2.22. The van der Waals surface area contributed by atoms with Gasteiger partial charge < -0.3 is 20.4 Å². The standard InChI is InChI=1S/C18H30ClN5/c1-4-23(5-2)12-10-21-18(20-3)22-16-9-11-24(14-16)17-8-6-7-15(19)13-17/h6-8,13,16H,4-5,9-12,14H2,1-3H3,(H2,20,21,22). The summed E-state index contributed by atoms with van der Waals surface area (Å²) in [6.45, 7) is 10.5. The van der Waals surface area contributed by atoms with E-state index in [2.05, 4.69) is 45.3 Å². The lowest BCUT2D eigenvalue weighted by Crippen LogP contribution is -2.46. The van der Waals surface area contributed by atoms with Gasteiger partial charge >= 0.3 is 0 Å². The van der Waals surface area contributed by atoms with E-state index >= 15 is 0 Å². The third-order valence-electron chi connectivity index (χ3n) is 4.54. The molecule has 1 aliphatic heterocycles. The molecule has 1 atom stereocenters. The second kappa shape index (κ2) is 9.74. The van der Waals surface area contributed by atoms with Crippen LogP contribution < -0.4 is 15.5 Å². The van der Waals surface area contributed by atoms with Gasteiger partial charge in [0.05, 0.1) is 0 Å². The van der Waals surface area contributed by atoms with Gasteiger partial charge in [-0.05, 0) is 37.7 Å². The lowest BCUT2D eigenvalue weighted by molar-refractivity contribution is 0.308. The Morgan fingerprint density at radius 3 is 2.83 bits per heavy atom. The predicted octanol–water partition coefficient (Wildman–Crippen LogP) is 2.43. The van der Waals surface area contributed by atoms with Crippen LogP contribution in [-0.2, 0) is 0 Å². The number of likely N-dealkylation sites (N-methyl/N-ethyl adjacent to an activating group) is 1. The van der Waals surface area contributed by atoms with Gasteiger partial charge in [-0.1, -0.05) is 31.5 Å². The van der Waals surface area contributed by atoms with Crippen LogP contribution in [0.5, 0.6) is 0 Å². The van der Waals surface area contributed by atoms with Crippen molar-refractivity contribution in [1.29, 1.82) is 0 Å². The van der Waals surface area contributed by atoms with Crippen LogP contribution in [0.2, 0.25) is 5.02 Å². The SMILES string of the molecule is CCN(CC)CCNC(=NC)NC1CCN(c2cccc(Cl)c2)C1. The van der Waals surface area contributed by atoms with E-state index in [-0.39, 0.29) is 0 Å². The summed E-state index contributed by atoms with van der Waals surface area (Å²) in [5, 5.41) is 7.74. The van der Waals surface area contributed by atoms with E-state index in [4.69, 9.17) is 11.6 Å². The Balaban J connectivity index is 1.78. The lowest BCUT2D eigenvalue weighted by atomic mass is 10.3. The number of anilines is 1. The highest BCUT2D eigenvalue weighted by molar-refractivity contribution is 6.30. The van der Waals surface area contributed by atoms with Crippen LogP contribution in [0.4, 0.5) is 5.69 Å². The van der Waals surface area contributed by atoms with E-state index in [1.54, 1.807) is 0 Å². The van der Waals surface area contributed by atoms with Crippen molar-refractivity contribution >= 4 is 23.2 Å². The number of aliphatic imine (C=N–C) groups is 1. The minimum absolute atomic E-state index is 0.406. The molecule has 134 valence electrons. The van der Waals surface area contributed by atoms with E-state index in [0.29, 0.717) is 6.04 Å². The van der Waals surface area contributed by atoms with E-state index < -0.39 is 0 Å². The molecule has 6 heteroatoms. The van der Waals surface area contributed by atoms with Crippen LogP contribution in [0.15, 0.2) is 29.3 Å². The molecule has 0 amide bonds. The second-order valence-corrected chi connectivity index (χ2v) is 6.52. The predicted molar refractivity (Wildman–Crippen MR) is 104 cm³/mol. The summed E-state index contributed by atoms with van der Waals surface area (Å²) >= 11 is 6.10. The number of rotatable bonds is 7. The van der Waals surface area contributed by atoms with Gasteiger partial charge in [-0.25, -0.2) is 0 Å². The van der Waals surface area contributed by atoms with E-state index in [1.807, 2.05) is 25.2 Å². The molecule has 24 heavy (non-hydrogen) atoms. The molecule has 1 unspecified atom stereocenters. The maximum Gasteiger partial charge on any atom is 0.191 e. The zero-order chi connectivity index (χ0) is 17.4. The zero-order valence-corrected chi connectivity index (χ0v) is 15.8. The molecule has 1 fully saturated rings. The summed E-state index contributed by atoms with van der Waals surface area (Å²) in [6, 6.07) is 8.47. The van der Waals surface area contributed by atoms with Crippen LogP contribution in [0.25, 0.3) is 0 Å². The summed E-state index contributed by atoms with van der Waals surface area (Å²) in [6.07, 6.45) is 1.10. The average Bonchev–Trinajstić information content (AvgIpc) is 3.06. The first-order valence-corrected chi connectivity index (χ1v) is 9.24. The fourth-order valence-electron chi connectivity index (χ4n) is 3.05. The maximum absolute atomic E-state index is 6.10. The normalized spacial score (nSPS) is 18.3. The Morgan fingerprint density at radius 2 is 2.17 bits per heavy atom. The number of hydrogen-bond acceptors (Lipinski definition) is 3. The molecule has 1 aromatic rings. The summed E-state index contributed by atoms with van der Waals surface area (Å²) in [7, 11) is 1.83. The van der Waals surface area contributed by atoms with Gasteiger partial charge in [-0.2, -0.15) is 0 Å². The first kappa shape index (κ1) is 18.9. The third-order valence-corrected chi connectivity index (χ3v) is 4.78. The monoisotopic (exact) mass is 351 g/mol. The van der Waals surface area contributed by atoms with Crippen molar-refractivity contribution in [3.8, 4) is 0 Å². The molecule has 0 spiro atoms. The molecule has 1 heterocycles. The molecule has 0 saturated carbocycles. The van der Waals surface area contributed by atoms with Gasteiger partial charge in [-0.3, -0.25) is 4.99 Å². The highest BCUT2D eigenvalue weighted by Crippen LogP contribution is 2.23. The van der Waals surface area contributed by atoms with Crippen molar-refractivity contribution in [3.63, 3.8) is 0 Å². The average molecular weight is 352 g/mol. The molecule has 2 rings (SSSR count). The Hall–Kier alpha value is -1.46. The molecule has 0 aromatic heterocycles. The van der Waals surface area contributed by atoms with Crippen LogP contribution in [0, 0.1) is 0 Å². The number of nitrogens with one attached hydrogen (secondary N) is 2. The second-order valence-electron chi connectivity index (χ2n) is 6.08. The van der Waals surface area contributed by atoms with Crippen molar-refractivity contribution in [3.05, 3.63) is 29.3 Å². The first-order chi connectivity index (χ1) is 11.7. The Labute approximate surface area is 151 Å². The molecule has 5 nitrogen and oxygen atoms in total. The molecule has 0 bridgehead atoms. The highest BCUT2D eigenvalue weighted by Gasteiger charge is 2.23. The van der Waals surface area contributed by atoms with Crippen molar-refractivity contribution in [2.75, 3.05) is 51.2 Å². The summed E-state index contributed by atoms with van der Waals surface area (Å²) in [4.78, 5) is 9.12. The van der Waals surface area contributed by atoms with E-state index in [0.717, 1.165) is 56.7 Å². The van der Waals surface area contributed by atoms with Crippen LogP contribution in [0.1, 0.15) is 20.3 Å². The molecular weight excluding hydrogens is 322 g/mol. The van der Waals surface area contributed by atoms with Gasteiger partial charge in [0.25, 0.3) is 0 Å². The van der Waals surface area contributed by atoms with Crippen LogP contribution in [-0.4, -0.2) is 63.2 Å². The van der Waals surface area contributed by atoms with Crippen LogP contribution >= 0.6 is 11.6 Å². The van der Waals surface area contributed by atoms with Gasteiger partial charge in [0.15, 0.2) is 5.96 Å². The minimum Gasteiger partial charge on any atom is -0.369 e. The molecule has 2 N–H and O–H groups in total. The fourth-order valence-corrected chi connectivity index (χ4v) is 3.23. The Bertz CT molecular complexity index is 530. The molecule has 1 aliphatic rings. The quantitative estimate of drug-likeness (QED) is 0.585. The van der Waals surface area contributed by atoms with Gasteiger partial charge in [-0.15, -0.1) is 0 Å². The van der Waals surface area contributed by atoms with E-state index in [1.165, 1.54) is 5.69 Å². The van der Waals surface area contributed by atoms with Crippen molar-refractivity contribution in [2.24, 2.45) is 4.99 Å². The van der Waals surface area contributed by atoms with Crippen molar-refractivity contribution < 1.29 is 0 Å². The Kier molecular flexibility index (Phi) is 7.66. The van der Waals surface area contributed by atoms with E-state index in [9.17, 15) is 0 Å². The number of halogens is 1. The number of hydrogen-bond donors (Lipinski definition) is 2. The van der Waals surface area contributed by atoms with Gasteiger partial charge in [0, 0.05) is 50.0 Å². The molecule has 0 radical (unpaired) electrons. The largest absolute Gasteiger partial charge is 0.369 e. The smallest absolute Gasteiger partial charge is 0.191 e. The molecular formula is C18H30ClN5. The number of nitrogens with zero attached hydrogens (tertiary/aromatic N) is 3.